The highest BCUT2D eigenvalue weighted by Crippen LogP contribution is 2.16. The van der Waals surface area contributed by atoms with Crippen LogP contribution in [0.4, 0.5) is 10.1 Å². The summed E-state index contributed by atoms with van der Waals surface area (Å²) in [6.45, 7) is 0. The van der Waals surface area contributed by atoms with Crippen LogP contribution in [0, 0.1) is 5.82 Å². The molecule has 5 nitrogen and oxygen atoms in total. The minimum absolute atomic E-state index is 0.00306. The van der Waals surface area contributed by atoms with Gasteiger partial charge in [0.2, 0.25) is 0 Å². The topological polar surface area (TPSA) is 80.6 Å². The second-order valence-corrected chi connectivity index (χ2v) is 2.77. The van der Waals surface area contributed by atoms with Crippen LogP contribution in [0.15, 0.2) is 18.5 Å². The Morgan fingerprint density at radius 2 is 2.36 bits per heavy atom. The summed E-state index contributed by atoms with van der Waals surface area (Å²) < 4.78 is 14.1. The molecular formula is C8H6FN3O2. The van der Waals surface area contributed by atoms with E-state index in [1.165, 1.54) is 6.07 Å². The molecule has 0 atom stereocenters. The molecule has 72 valence electrons. The quantitative estimate of drug-likeness (QED) is 0.703. The molecule has 0 aliphatic carbocycles. The van der Waals surface area contributed by atoms with E-state index in [0.717, 1.165) is 16.9 Å². The number of aromatic nitrogens is 2. The Hall–Kier alpha value is -2.11. The van der Waals surface area contributed by atoms with E-state index < -0.39 is 11.8 Å². The van der Waals surface area contributed by atoms with E-state index in [1.54, 1.807) is 0 Å². The summed E-state index contributed by atoms with van der Waals surface area (Å²) >= 11 is 0. The number of nitrogens with two attached hydrogens (primary N) is 1. The lowest BCUT2D eigenvalue weighted by atomic mass is 10.2. The van der Waals surface area contributed by atoms with Crippen LogP contribution in [-0.2, 0) is 0 Å². The summed E-state index contributed by atoms with van der Waals surface area (Å²) in [7, 11) is 0. The molecule has 0 unspecified atom stereocenters. The van der Waals surface area contributed by atoms with Gasteiger partial charge in [-0.1, -0.05) is 0 Å². The number of pyridine rings is 1. The number of carbonyl (C=O) groups is 1. The number of anilines is 1. The Balaban J connectivity index is 2.80. The first-order valence-corrected chi connectivity index (χ1v) is 3.75. The second kappa shape index (κ2) is 2.69. The van der Waals surface area contributed by atoms with E-state index in [-0.39, 0.29) is 16.8 Å². The zero-order valence-electron chi connectivity index (χ0n) is 6.94. The molecular weight excluding hydrogens is 189 g/mol. The maximum atomic E-state index is 12.9. The van der Waals surface area contributed by atoms with Gasteiger partial charge < -0.3 is 10.8 Å². The van der Waals surface area contributed by atoms with Crippen LogP contribution in [0.3, 0.4) is 0 Å². The number of hydrogen-bond donors (Lipinski definition) is 2. The van der Waals surface area contributed by atoms with Crippen LogP contribution in [0.25, 0.3) is 5.52 Å². The van der Waals surface area contributed by atoms with Crippen molar-refractivity contribution in [1.82, 2.24) is 9.61 Å². The molecule has 2 rings (SSSR count). The normalized spacial score (nSPS) is 10.6. The highest BCUT2D eigenvalue weighted by Gasteiger charge is 2.12. The van der Waals surface area contributed by atoms with Gasteiger partial charge in [0.25, 0.3) is 0 Å². The molecule has 3 N–H and O–H groups in total. The number of nitrogens with zero attached hydrogens (tertiary/aromatic N) is 2. The van der Waals surface area contributed by atoms with Crippen molar-refractivity contribution in [2.75, 3.05) is 5.73 Å². The first-order valence-electron chi connectivity index (χ1n) is 3.75. The molecule has 0 aliphatic rings. The molecule has 2 aromatic heterocycles. The molecule has 0 aliphatic heterocycles. The van der Waals surface area contributed by atoms with Gasteiger partial charge in [-0.2, -0.15) is 5.10 Å². The second-order valence-electron chi connectivity index (χ2n) is 2.77. The van der Waals surface area contributed by atoms with E-state index in [4.69, 9.17) is 10.8 Å². The Kier molecular flexibility index (Phi) is 1.63. The van der Waals surface area contributed by atoms with E-state index in [9.17, 15) is 9.18 Å². The molecule has 2 heterocycles. The average molecular weight is 195 g/mol. The monoisotopic (exact) mass is 195 g/mol. The fourth-order valence-corrected chi connectivity index (χ4v) is 1.18. The lowest BCUT2D eigenvalue weighted by molar-refractivity contribution is 0.0699. The van der Waals surface area contributed by atoms with E-state index in [2.05, 4.69) is 5.10 Å². The molecule has 0 aromatic carbocycles. The zero-order chi connectivity index (χ0) is 10.3. The van der Waals surface area contributed by atoms with Gasteiger partial charge in [-0.25, -0.2) is 13.7 Å². The highest BCUT2D eigenvalue weighted by molar-refractivity contribution is 5.95. The summed E-state index contributed by atoms with van der Waals surface area (Å²) in [5.74, 6) is -1.75. The minimum Gasteiger partial charge on any atom is -0.478 e. The third-order valence-electron chi connectivity index (χ3n) is 1.87. The number of rotatable bonds is 1. The standard InChI is InChI=1S/C8H6FN3O2/c9-5-3-12-7(1-6(5)10)4(2-11-12)8(13)14/h1-3H,10H2,(H,13,14). The smallest absolute Gasteiger partial charge is 0.339 e. The van der Waals surface area contributed by atoms with Gasteiger partial charge in [0, 0.05) is 0 Å². The number of carboxylic acid groups (broad SMARTS) is 1. The molecule has 0 saturated heterocycles. The Morgan fingerprint density at radius 3 is 3.00 bits per heavy atom. The molecule has 0 amide bonds. The van der Waals surface area contributed by atoms with Crippen LogP contribution >= 0.6 is 0 Å². The summed E-state index contributed by atoms with van der Waals surface area (Å²) in [5, 5.41) is 12.4. The van der Waals surface area contributed by atoms with Gasteiger partial charge in [-0.05, 0) is 6.07 Å². The highest BCUT2D eigenvalue weighted by atomic mass is 19.1. The first kappa shape index (κ1) is 8.49. The maximum absolute atomic E-state index is 12.9. The predicted molar refractivity (Wildman–Crippen MR) is 46.5 cm³/mol. The first-order chi connectivity index (χ1) is 6.59. The van der Waals surface area contributed by atoms with Crippen molar-refractivity contribution in [2.24, 2.45) is 0 Å². The summed E-state index contributed by atoms with van der Waals surface area (Å²) in [5.41, 5.74) is 5.48. The molecule has 0 fully saturated rings. The Morgan fingerprint density at radius 1 is 1.64 bits per heavy atom. The number of fused-ring (bicyclic) bond motifs is 1. The fourth-order valence-electron chi connectivity index (χ4n) is 1.18. The Bertz CT molecular complexity index is 521. The van der Waals surface area contributed by atoms with Gasteiger partial charge in [0.1, 0.15) is 5.56 Å². The van der Waals surface area contributed by atoms with Crippen molar-refractivity contribution < 1.29 is 14.3 Å². The molecule has 6 heteroatoms. The molecule has 14 heavy (non-hydrogen) atoms. The fraction of sp³-hybridized carbons (Fsp3) is 0. The third-order valence-corrected chi connectivity index (χ3v) is 1.87. The van der Waals surface area contributed by atoms with Gasteiger partial charge in [0.05, 0.1) is 23.6 Å². The van der Waals surface area contributed by atoms with E-state index >= 15 is 0 Å². The molecule has 2 aromatic rings. The maximum Gasteiger partial charge on any atom is 0.339 e. The van der Waals surface area contributed by atoms with Gasteiger partial charge >= 0.3 is 5.97 Å². The van der Waals surface area contributed by atoms with Crippen LogP contribution < -0.4 is 5.73 Å². The number of carboxylic acids is 1. The number of hydrogen-bond acceptors (Lipinski definition) is 3. The lowest BCUT2D eigenvalue weighted by Crippen LogP contribution is -1.98. The van der Waals surface area contributed by atoms with Gasteiger partial charge in [-0.3, -0.25) is 0 Å². The predicted octanol–water partition coefficient (Wildman–Crippen LogP) is 0.754. The van der Waals surface area contributed by atoms with Crippen molar-refractivity contribution in [2.45, 2.75) is 0 Å². The van der Waals surface area contributed by atoms with Gasteiger partial charge in [0.15, 0.2) is 5.82 Å². The summed E-state index contributed by atoms with van der Waals surface area (Å²) in [4.78, 5) is 10.7. The Labute approximate surface area is 77.6 Å². The minimum atomic E-state index is -1.12. The van der Waals surface area contributed by atoms with Crippen molar-refractivity contribution in [3.63, 3.8) is 0 Å². The summed E-state index contributed by atoms with van der Waals surface area (Å²) in [6, 6.07) is 1.24. The molecule has 0 radical (unpaired) electrons. The van der Waals surface area contributed by atoms with Gasteiger partial charge in [-0.15, -0.1) is 0 Å². The van der Waals surface area contributed by atoms with Crippen molar-refractivity contribution >= 4 is 17.2 Å². The number of halogens is 1. The lowest BCUT2D eigenvalue weighted by Gasteiger charge is -1.98. The largest absolute Gasteiger partial charge is 0.478 e. The SMILES string of the molecule is Nc1cc2c(C(=O)O)cnn2cc1F. The zero-order valence-corrected chi connectivity index (χ0v) is 6.94. The summed E-state index contributed by atoms with van der Waals surface area (Å²) in [6.07, 6.45) is 2.19. The third kappa shape index (κ3) is 1.08. The molecule has 0 spiro atoms. The van der Waals surface area contributed by atoms with Crippen molar-refractivity contribution in [3.8, 4) is 0 Å². The number of nitrogen functional groups attached to an aromatic ring is 1. The van der Waals surface area contributed by atoms with E-state index in [1.807, 2.05) is 0 Å². The average Bonchev–Trinajstić information content (AvgIpc) is 2.48. The van der Waals surface area contributed by atoms with Crippen molar-refractivity contribution in [3.05, 3.63) is 29.8 Å². The van der Waals surface area contributed by atoms with Crippen molar-refractivity contribution in [1.29, 1.82) is 0 Å². The molecule has 0 saturated carbocycles. The van der Waals surface area contributed by atoms with E-state index in [0.29, 0.717) is 0 Å². The molecule has 0 bridgehead atoms. The van der Waals surface area contributed by atoms with Crippen LogP contribution in [0.5, 0.6) is 0 Å². The van der Waals surface area contributed by atoms with Crippen LogP contribution in [0.1, 0.15) is 10.4 Å². The van der Waals surface area contributed by atoms with Crippen LogP contribution in [-0.4, -0.2) is 20.7 Å². The van der Waals surface area contributed by atoms with Crippen LogP contribution in [0.2, 0.25) is 0 Å². The number of aromatic carboxylic acids is 1.